The highest BCUT2D eigenvalue weighted by molar-refractivity contribution is 5.85. The molecule has 0 aliphatic carbocycles. The zero-order chi connectivity index (χ0) is 13.6. The lowest BCUT2D eigenvalue weighted by molar-refractivity contribution is 0.102. The van der Waals surface area contributed by atoms with Gasteiger partial charge < -0.3 is 10.2 Å². The molecule has 1 aromatic carbocycles. The molecule has 1 aromatic rings. The summed E-state index contributed by atoms with van der Waals surface area (Å²) in [5.41, 5.74) is 1.48. The average Bonchev–Trinajstić information content (AvgIpc) is 3.03. The molecule has 126 valence electrons. The molecule has 1 atom stereocenters. The van der Waals surface area contributed by atoms with Crippen LogP contribution in [0.5, 0.6) is 0 Å². The van der Waals surface area contributed by atoms with Crippen LogP contribution in [0, 0.1) is 0 Å². The number of hydrogen-bond acceptors (Lipinski definition) is 3. The first-order chi connectivity index (χ1) is 9.92. The first-order valence-corrected chi connectivity index (χ1v) is 8.13. The minimum absolute atomic E-state index is 0. The van der Waals surface area contributed by atoms with Crippen molar-refractivity contribution in [2.75, 3.05) is 45.8 Å². The number of benzene rings is 1. The number of nitrogens with one attached hydrogen (secondary N) is 1. The van der Waals surface area contributed by atoms with Crippen LogP contribution in [-0.2, 0) is 6.42 Å². The van der Waals surface area contributed by atoms with Gasteiger partial charge in [0.15, 0.2) is 0 Å². The van der Waals surface area contributed by atoms with Crippen molar-refractivity contribution in [1.29, 1.82) is 0 Å². The first-order valence-electron chi connectivity index (χ1n) is 8.13. The van der Waals surface area contributed by atoms with E-state index in [-0.39, 0.29) is 24.8 Å². The van der Waals surface area contributed by atoms with E-state index in [0.29, 0.717) is 0 Å². The van der Waals surface area contributed by atoms with Crippen LogP contribution in [0.2, 0.25) is 0 Å². The van der Waals surface area contributed by atoms with Crippen LogP contribution in [-0.4, -0.2) is 61.7 Å². The van der Waals surface area contributed by atoms with E-state index in [9.17, 15) is 0 Å². The van der Waals surface area contributed by atoms with Crippen molar-refractivity contribution >= 4 is 24.8 Å². The third-order valence-electron chi connectivity index (χ3n) is 4.74. The van der Waals surface area contributed by atoms with E-state index in [1.54, 1.807) is 0 Å². The normalized spacial score (nSPS) is 22.8. The zero-order valence-electron chi connectivity index (χ0n) is 13.2. The van der Waals surface area contributed by atoms with Crippen molar-refractivity contribution in [3.05, 3.63) is 35.9 Å². The Labute approximate surface area is 147 Å². The molecule has 1 unspecified atom stereocenters. The zero-order valence-corrected chi connectivity index (χ0v) is 14.9. The van der Waals surface area contributed by atoms with Crippen molar-refractivity contribution in [1.82, 2.24) is 15.1 Å². The van der Waals surface area contributed by atoms with E-state index in [1.165, 1.54) is 70.6 Å². The Balaban J connectivity index is 0.00000121. The molecule has 2 heterocycles. The summed E-state index contributed by atoms with van der Waals surface area (Å²) in [6, 6.07) is 11.7. The van der Waals surface area contributed by atoms with Crippen LogP contribution in [0.15, 0.2) is 30.3 Å². The maximum absolute atomic E-state index is 3.48. The van der Waals surface area contributed by atoms with Gasteiger partial charge in [-0.05, 0) is 37.9 Å². The fourth-order valence-corrected chi connectivity index (χ4v) is 3.45. The molecule has 0 spiro atoms. The molecule has 3 nitrogen and oxygen atoms in total. The molecule has 2 saturated heterocycles. The van der Waals surface area contributed by atoms with Crippen LogP contribution in [0.4, 0.5) is 0 Å². The molecule has 22 heavy (non-hydrogen) atoms. The SMILES string of the molecule is Cl.Cl.c1ccc(CCCN2CCN(C3CCNC3)CC2)cc1. The Morgan fingerprint density at radius 1 is 1.00 bits per heavy atom. The first kappa shape index (κ1) is 19.7. The molecule has 2 aliphatic heterocycles. The third-order valence-corrected chi connectivity index (χ3v) is 4.74. The Kier molecular flexibility index (Phi) is 9.37. The van der Waals surface area contributed by atoms with Crippen LogP contribution >= 0.6 is 24.8 Å². The molecule has 0 radical (unpaired) electrons. The number of piperazine rings is 1. The maximum Gasteiger partial charge on any atom is 0.0233 e. The molecular formula is C17H29Cl2N3. The summed E-state index contributed by atoms with van der Waals surface area (Å²) in [5.74, 6) is 0. The summed E-state index contributed by atoms with van der Waals surface area (Å²) in [7, 11) is 0. The van der Waals surface area contributed by atoms with Gasteiger partial charge in [-0.25, -0.2) is 0 Å². The second-order valence-electron chi connectivity index (χ2n) is 6.11. The van der Waals surface area contributed by atoms with Crippen LogP contribution in [0.3, 0.4) is 0 Å². The van der Waals surface area contributed by atoms with Crippen molar-refractivity contribution in [3.8, 4) is 0 Å². The minimum atomic E-state index is 0. The molecule has 0 saturated carbocycles. The van der Waals surface area contributed by atoms with Gasteiger partial charge in [0, 0.05) is 38.8 Å². The van der Waals surface area contributed by atoms with Gasteiger partial charge in [0.2, 0.25) is 0 Å². The van der Waals surface area contributed by atoms with Gasteiger partial charge in [-0.1, -0.05) is 30.3 Å². The highest BCUT2D eigenvalue weighted by Crippen LogP contribution is 2.12. The van der Waals surface area contributed by atoms with E-state index in [0.717, 1.165) is 6.04 Å². The van der Waals surface area contributed by atoms with E-state index in [1.807, 2.05) is 0 Å². The van der Waals surface area contributed by atoms with E-state index in [2.05, 4.69) is 45.4 Å². The van der Waals surface area contributed by atoms with Crippen LogP contribution < -0.4 is 5.32 Å². The van der Waals surface area contributed by atoms with Gasteiger partial charge in [0.05, 0.1) is 0 Å². The lowest BCUT2D eigenvalue weighted by atomic mass is 10.1. The molecule has 0 bridgehead atoms. The molecule has 1 N–H and O–H groups in total. The standard InChI is InChI=1S/C17H27N3.2ClH/c1-2-5-16(6-3-1)7-4-10-19-11-13-20(14-12-19)17-8-9-18-15-17;;/h1-3,5-6,17-18H,4,7-15H2;2*1H. The highest BCUT2D eigenvalue weighted by atomic mass is 35.5. The quantitative estimate of drug-likeness (QED) is 0.884. The molecule has 0 amide bonds. The number of halogens is 2. The number of nitrogens with zero attached hydrogens (tertiary/aromatic N) is 2. The van der Waals surface area contributed by atoms with E-state index in [4.69, 9.17) is 0 Å². The Bertz CT molecular complexity index is 388. The maximum atomic E-state index is 3.48. The van der Waals surface area contributed by atoms with Crippen molar-refractivity contribution in [2.24, 2.45) is 0 Å². The lowest BCUT2D eigenvalue weighted by Gasteiger charge is -2.37. The largest absolute Gasteiger partial charge is 0.315 e. The van der Waals surface area contributed by atoms with Crippen LogP contribution in [0.25, 0.3) is 0 Å². The number of rotatable bonds is 5. The second kappa shape index (κ2) is 10.5. The topological polar surface area (TPSA) is 18.5 Å². The molecule has 2 fully saturated rings. The highest BCUT2D eigenvalue weighted by Gasteiger charge is 2.25. The predicted molar refractivity (Wildman–Crippen MR) is 98.5 cm³/mol. The molecule has 5 heteroatoms. The lowest BCUT2D eigenvalue weighted by Crippen LogP contribution is -2.51. The molecule has 2 aliphatic rings. The molecular weight excluding hydrogens is 317 g/mol. The Hall–Kier alpha value is -0.320. The molecule has 3 rings (SSSR count). The van der Waals surface area contributed by atoms with E-state index < -0.39 is 0 Å². The summed E-state index contributed by atoms with van der Waals surface area (Å²) >= 11 is 0. The van der Waals surface area contributed by atoms with Gasteiger partial charge in [-0.15, -0.1) is 24.8 Å². The second-order valence-corrected chi connectivity index (χ2v) is 6.11. The Morgan fingerprint density at radius 2 is 1.73 bits per heavy atom. The van der Waals surface area contributed by atoms with Crippen molar-refractivity contribution < 1.29 is 0 Å². The molecule has 0 aromatic heterocycles. The van der Waals surface area contributed by atoms with Gasteiger partial charge in [0.25, 0.3) is 0 Å². The monoisotopic (exact) mass is 345 g/mol. The fraction of sp³-hybridized carbons (Fsp3) is 0.647. The van der Waals surface area contributed by atoms with Gasteiger partial charge in [-0.3, -0.25) is 4.90 Å². The van der Waals surface area contributed by atoms with Crippen molar-refractivity contribution in [2.45, 2.75) is 25.3 Å². The average molecular weight is 346 g/mol. The number of aryl methyl sites for hydroxylation is 1. The van der Waals surface area contributed by atoms with Crippen molar-refractivity contribution in [3.63, 3.8) is 0 Å². The summed E-state index contributed by atoms with van der Waals surface area (Å²) in [6.45, 7) is 8.70. The fourth-order valence-electron chi connectivity index (χ4n) is 3.45. The van der Waals surface area contributed by atoms with Gasteiger partial charge in [-0.2, -0.15) is 0 Å². The van der Waals surface area contributed by atoms with Gasteiger partial charge in [0.1, 0.15) is 0 Å². The smallest absolute Gasteiger partial charge is 0.0233 e. The van der Waals surface area contributed by atoms with E-state index >= 15 is 0 Å². The minimum Gasteiger partial charge on any atom is -0.315 e. The number of hydrogen-bond donors (Lipinski definition) is 1. The summed E-state index contributed by atoms with van der Waals surface area (Å²) < 4.78 is 0. The van der Waals surface area contributed by atoms with Gasteiger partial charge >= 0.3 is 0 Å². The Morgan fingerprint density at radius 3 is 2.36 bits per heavy atom. The summed E-state index contributed by atoms with van der Waals surface area (Å²) in [4.78, 5) is 5.33. The van der Waals surface area contributed by atoms with Crippen LogP contribution in [0.1, 0.15) is 18.4 Å². The predicted octanol–water partition coefficient (Wildman–Crippen LogP) is 2.44. The third kappa shape index (κ3) is 5.71. The summed E-state index contributed by atoms with van der Waals surface area (Å²) in [6.07, 6.45) is 3.84. The summed E-state index contributed by atoms with van der Waals surface area (Å²) in [5, 5.41) is 3.48.